The number of nitrogens with zero attached hydrogens (tertiary/aromatic N) is 1. The third-order valence-corrected chi connectivity index (χ3v) is 2.46. The zero-order chi connectivity index (χ0) is 10.2. The summed E-state index contributed by atoms with van der Waals surface area (Å²) < 4.78 is 36.8. The van der Waals surface area contributed by atoms with Crippen LogP contribution in [0.3, 0.4) is 0 Å². The van der Waals surface area contributed by atoms with E-state index in [0.717, 1.165) is 0 Å². The molecule has 1 rings (SSSR count). The molecule has 7 heteroatoms. The van der Waals surface area contributed by atoms with E-state index in [1.165, 1.54) is 6.07 Å². The number of pyridine rings is 1. The van der Waals surface area contributed by atoms with Crippen LogP contribution in [0.4, 0.5) is 19.0 Å². The first-order valence-electron chi connectivity index (χ1n) is 3.01. The van der Waals surface area contributed by atoms with Crippen molar-refractivity contribution in [3.63, 3.8) is 0 Å². The van der Waals surface area contributed by atoms with Crippen LogP contribution in [-0.4, -0.2) is 4.98 Å². The van der Waals surface area contributed by atoms with E-state index >= 15 is 0 Å². The molecular weight excluding hydrogens is 317 g/mol. The number of aromatic nitrogens is 1. The highest BCUT2D eigenvalue weighted by molar-refractivity contribution is 9.11. The third-order valence-electron chi connectivity index (χ3n) is 1.23. The predicted octanol–water partition coefficient (Wildman–Crippen LogP) is 3.21. The molecule has 72 valence electrons. The van der Waals surface area contributed by atoms with E-state index in [0.29, 0.717) is 4.47 Å². The van der Waals surface area contributed by atoms with Crippen molar-refractivity contribution >= 4 is 37.7 Å². The zero-order valence-electron chi connectivity index (χ0n) is 5.99. The lowest BCUT2D eigenvalue weighted by molar-refractivity contribution is -0.141. The normalized spacial score (nSPS) is 11.8. The van der Waals surface area contributed by atoms with Gasteiger partial charge in [-0.2, -0.15) is 13.2 Å². The maximum Gasteiger partial charge on any atom is 0.434 e. The molecule has 0 saturated carbocycles. The summed E-state index contributed by atoms with van der Waals surface area (Å²) in [5, 5.41) is 0. The summed E-state index contributed by atoms with van der Waals surface area (Å²) in [6, 6.07) is 1.21. The summed E-state index contributed by atoms with van der Waals surface area (Å²) in [5.74, 6) is -0.185. The molecule has 0 spiro atoms. The van der Waals surface area contributed by atoms with Gasteiger partial charge in [-0.25, -0.2) is 4.98 Å². The monoisotopic (exact) mass is 318 g/mol. The summed E-state index contributed by atoms with van der Waals surface area (Å²) >= 11 is 5.71. The van der Waals surface area contributed by atoms with Gasteiger partial charge in [0, 0.05) is 4.47 Å². The highest BCUT2D eigenvalue weighted by Crippen LogP contribution is 2.35. The second-order valence-electron chi connectivity index (χ2n) is 2.18. The molecule has 13 heavy (non-hydrogen) atoms. The largest absolute Gasteiger partial charge is 0.434 e. The molecule has 0 aliphatic heterocycles. The van der Waals surface area contributed by atoms with Gasteiger partial charge >= 0.3 is 6.18 Å². The van der Waals surface area contributed by atoms with E-state index in [9.17, 15) is 13.2 Å². The number of nitrogens with two attached hydrogens (primary N) is 1. The fourth-order valence-electron chi connectivity index (χ4n) is 0.680. The van der Waals surface area contributed by atoms with Crippen LogP contribution in [0.15, 0.2) is 15.0 Å². The van der Waals surface area contributed by atoms with Crippen molar-refractivity contribution in [3.05, 3.63) is 20.7 Å². The summed E-state index contributed by atoms with van der Waals surface area (Å²) in [6.07, 6.45) is -4.49. The lowest BCUT2D eigenvalue weighted by atomic mass is 10.3. The van der Waals surface area contributed by atoms with E-state index < -0.39 is 11.9 Å². The van der Waals surface area contributed by atoms with Crippen LogP contribution in [-0.2, 0) is 6.18 Å². The molecule has 0 fully saturated rings. The minimum Gasteiger partial charge on any atom is -0.383 e. The SMILES string of the molecule is Nc1nc(C(F)(F)F)c(Br)cc1Br. The molecule has 0 aromatic carbocycles. The van der Waals surface area contributed by atoms with E-state index in [-0.39, 0.29) is 10.3 Å². The van der Waals surface area contributed by atoms with Gasteiger partial charge in [0.15, 0.2) is 5.69 Å². The lowest BCUT2D eigenvalue weighted by Gasteiger charge is -2.09. The Morgan fingerprint density at radius 1 is 1.23 bits per heavy atom. The van der Waals surface area contributed by atoms with Gasteiger partial charge in [-0.1, -0.05) is 0 Å². The quantitative estimate of drug-likeness (QED) is 0.797. The molecule has 1 aromatic rings. The van der Waals surface area contributed by atoms with E-state index in [1.54, 1.807) is 0 Å². The molecule has 0 atom stereocenters. The Kier molecular flexibility index (Phi) is 2.86. The van der Waals surface area contributed by atoms with E-state index in [2.05, 4.69) is 36.8 Å². The number of nitrogen functional groups attached to an aromatic ring is 1. The molecule has 0 aliphatic carbocycles. The molecule has 2 nitrogen and oxygen atoms in total. The number of halogens is 5. The van der Waals surface area contributed by atoms with Crippen LogP contribution in [0.1, 0.15) is 5.69 Å². The molecule has 0 aliphatic rings. The summed E-state index contributed by atoms with van der Waals surface area (Å²) in [6.45, 7) is 0. The molecule has 0 bridgehead atoms. The van der Waals surface area contributed by atoms with E-state index in [1.807, 2.05) is 0 Å². The average Bonchev–Trinajstić information content (AvgIpc) is 1.94. The van der Waals surface area contributed by atoms with E-state index in [4.69, 9.17) is 5.73 Å². The van der Waals surface area contributed by atoms with Crippen molar-refractivity contribution in [2.75, 3.05) is 5.73 Å². The standard InChI is InChI=1S/C6H3Br2F3N2/c7-2-1-3(8)5(12)13-4(2)6(9,10)11/h1H,(H2,12,13). The van der Waals surface area contributed by atoms with Crippen LogP contribution in [0.2, 0.25) is 0 Å². The predicted molar refractivity (Wildman–Crippen MR) is 49.1 cm³/mol. The van der Waals surface area contributed by atoms with Crippen LogP contribution in [0.25, 0.3) is 0 Å². The van der Waals surface area contributed by atoms with Crippen LogP contribution < -0.4 is 5.73 Å². The third kappa shape index (κ3) is 2.34. The molecular formula is C6H3Br2F3N2. The van der Waals surface area contributed by atoms with Crippen molar-refractivity contribution in [2.45, 2.75) is 6.18 Å². The van der Waals surface area contributed by atoms with Crippen molar-refractivity contribution < 1.29 is 13.2 Å². The van der Waals surface area contributed by atoms with Gasteiger partial charge in [0.25, 0.3) is 0 Å². The fraction of sp³-hybridized carbons (Fsp3) is 0.167. The van der Waals surface area contributed by atoms with Gasteiger partial charge in [0.1, 0.15) is 5.82 Å². The number of rotatable bonds is 0. The van der Waals surface area contributed by atoms with Gasteiger partial charge in [0.05, 0.1) is 4.47 Å². The highest BCUT2D eigenvalue weighted by atomic mass is 79.9. The number of alkyl halides is 3. The number of hydrogen-bond acceptors (Lipinski definition) is 2. The molecule has 1 heterocycles. The summed E-state index contributed by atoms with van der Waals surface area (Å²) in [7, 11) is 0. The molecule has 0 saturated heterocycles. The van der Waals surface area contributed by atoms with Crippen LogP contribution in [0, 0.1) is 0 Å². The second kappa shape index (κ2) is 3.45. The van der Waals surface area contributed by atoms with Gasteiger partial charge in [-0.3, -0.25) is 0 Å². The van der Waals surface area contributed by atoms with Crippen LogP contribution >= 0.6 is 31.9 Å². The first-order chi connectivity index (χ1) is 5.82. The fourth-order valence-corrected chi connectivity index (χ4v) is 1.85. The highest BCUT2D eigenvalue weighted by Gasteiger charge is 2.35. The average molecular weight is 320 g/mol. The van der Waals surface area contributed by atoms with Gasteiger partial charge in [-0.05, 0) is 37.9 Å². The first kappa shape index (κ1) is 10.8. The van der Waals surface area contributed by atoms with Gasteiger partial charge in [-0.15, -0.1) is 0 Å². The van der Waals surface area contributed by atoms with Crippen molar-refractivity contribution in [1.29, 1.82) is 0 Å². The molecule has 1 aromatic heterocycles. The van der Waals surface area contributed by atoms with Crippen molar-refractivity contribution in [1.82, 2.24) is 4.98 Å². The van der Waals surface area contributed by atoms with Gasteiger partial charge < -0.3 is 5.73 Å². The molecule has 0 radical (unpaired) electrons. The minimum absolute atomic E-state index is 0.138. The first-order valence-corrected chi connectivity index (χ1v) is 4.59. The Morgan fingerprint density at radius 2 is 1.77 bits per heavy atom. The van der Waals surface area contributed by atoms with Gasteiger partial charge in [0.2, 0.25) is 0 Å². The minimum atomic E-state index is -4.49. The second-order valence-corrected chi connectivity index (χ2v) is 3.89. The van der Waals surface area contributed by atoms with Crippen molar-refractivity contribution in [2.24, 2.45) is 0 Å². The van der Waals surface area contributed by atoms with Crippen molar-refractivity contribution in [3.8, 4) is 0 Å². The molecule has 2 N–H and O–H groups in total. The summed E-state index contributed by atoms with van der Waals surface area (Å²) in [5.41, 5.74) is 4.19. The van der Waals surface area contributed by atoms with Crippen LogP contribution in [0.5, 0.6) is 0 Å². The number of hydrogen-bond donors (Lipinski definition) is 1. The Bertz CT molecular complexity index is 337. The maximum atomic E-state index is 12.2. The Hall–Kier alpha value is -0.300. The molecule has 0 unspecified atom stereocenters. The maximum absolute atomic E-state index is 12.2. The Morgan fingerprint density at radius 3 is 2.23 bits per heavy atom. The smallest absolute Gasteiger partial charge is 0.383 e. The Labute approximate surface area is 88.6 Å². The lowest BCUT2D eigenvalue weighted by Crippen LogP contribution is -2.10. The zero-order valence-corrected chi connectivity index (χ0v) is 9.16. The topological polar surface area (TPSA) is 38.9 Å². The molecule has 0 amide bonds. The Balaban J connectivity index is 3.32. The summed E-state index contributed by atoms with van der Waals surface area (Å²) in [4.78, 5) is 3.20. The number of anilines is 1.